The van der Waals surface area contributed by atoms with Crippen LogP contribution in [0.3, 0.4) is 0 Å². The number of benzene rings is 1. The third kappa shape index (κ3) is 1.33. The number of ketones is 1. The van der Waals surface area contributed by atoms with Crippen LogP contribution in [0.1, 0.15) is 10.4 Å². The van der Waals surface area contributed by atoms with Crippen LogP contribution in [0.2, 0.25) is 0 Å². The molecule has 4 heteroatoms. The molecule has 0 unspecified atom stereocenters. The summed E-state index contributed by atoms with van der Waals surface area (Å²) in [7, 11) is 1.57. The summed E-state index contributed by atoms with van der Waals surface area (Å²) in [5, 5.41) is 0. The zero-order valence-electron chi connectivity index (χ0n) is 7.82. The predicted molar refractivity (Wildman–Crippen MR) is 50.8 cm³/mol. The molecule has 4 nitrogen and oxygen atoms in total. The van der Waals surface area contributed by atoms with Gasteiger partial charge in [-0.1, -0.05) is 0 Å². The zero-order valence-corrected chi connectivity index (χ0v) is 7.82. The first-order valence-electron chi connectivity index (χ1n) is 4.33. The molecule has 0 amide bonds. The van der Waals surface area contributed by atoms with Gasteiger partial charge in [-0.2, -0.15) is 0 Å². The van der Waals surface area contributed by atoms with Crippen LogP contribution in [-0.4, -0.2) is 25.5 Å². The highest BCUT2D eigenvalue weighted by Gasteiger charge is 2.25. The molecule has 2 N–H and O–H groups in total. The molecule has 0 saturated carbocycles. The molecule has 1 heterocycles. The van der Waals surface area contributed by atoms with Crippen molar-refractivity contribution in [1.29, 1.82) is 0 Å². The Hall–Kier alpha value is -1.55. The molecule has 0 saturated heterocycles. The molecular weight excluding hydrogens is 182 g/mol. The normalized spacial score (nSPS) is 19.9. The first kappa shape index (κ1) is 9.02. The second-order valence-corrected chi connectivity index (χ2v) is 3.14. The fourth-order valence-corrected chi connectivity index (χ4v) is 1.41. The van der Waals surface area contributed by atoms with Crippen molar-refractivity contribution < 1.29 is 14.3 Å². The highest BCUT2D eigenvalue weighted by Crippen LogP contribution is 2.28. The van der Waals surface area contributed by atoms with Gasteiger partial charge in [0.2, 0.25) is 0 Å². The summed E-state index contributed by atoms with van der Waals surface area (Å²) in [5.41, 5.74) is 6.09. The van der Waals surface area contributed by atoms with Gasteiger partial charge in [0.15, 0.2) is 5.78 Å². The number of ether oxygens (including phenoxy) is 2. The topological polar surface area (TPSA) is 61.6 Å². The van der Waals surface area contributed by atoms with Gasteiger partial charge in [-0.3, -0.25) is 4.79 Å². The minimum atomic E-state index is -0.545. The van der Waals surface area contributed by atoms with Crippen LogP contribution >= 0.6 is 0 Å². The maximum absolute atomic E-state index is 11.6. The quantitative estimate of drug-likeness (QED) is 0.709. The number of fused-ring (bicyclic) bond motifs is 1. The van der Waals surface area contributed by atoms with E-state index in [0.717, 1.165) is 0 Å². The predicted octanol–water partition coefficient (Wildman–Crippen LogP) is 0.598. The fraction of sp³-hybridized carbons (Fsp3) is 0.300. The average Bonchev–Trinajstić information content (AvgIpc) is 2.23. The SMILES string of the molecule is COc1ccc2c(c1)OC[C@@H](N)C2=O. The Morgan fingerprint density at radius 1 is 1.57 bits per heavy atom. The molecule has 1 aromatic rings. The van der Waals surface area contributed by atoms with E-state index in [2.05, 4.69) is 0 Å². The van der Waals surface area contributed by atoms with Crippen LogP contribution in [-0.2, 0) is 0 Å². The third-order valence-electron chi connectivity index (χ3n) is 2.21. The second-order valence-electron chi connectivity index (χ2n) is 3.14. The molecule has 74 valence electrons. The molecule has 1 aromatic carbocycles. The van der Waals surface area contributed by atoms with Crippen molar-refractivity contribution in [3.8, 4) is 11.5 Å². The molecule has 0 spiro atoms. The number of carbonyl (C=O) groups excluding carboxylic acids is 1. The summed E-state index contributed by atoms with van der Waals surface area (Å²) in [6, 6.07) is 4.54. The summed E-state index contributed by atoms with van der Waals surface area (Å²) in [4.78, 5) is 11.6. The Kier molecular flexibility index (Phi) is 2.13. The lowest BCUT2D eigenvalue weighted by atomic mass is 10.0. The van der Waals surface area contributed by atoms with Crippen LogP contribution in [0.25, 0.3) is 0 Å². The standard InChI is InChI=1S/C10H11NO3/c1-13-6-2-3-7-9(4-6)14-5-8(11)10(7)12/h2-4,8H,5,11H2,1H3/t8-/m1/s1. The number of rotatable bonds is 1. The maximum atomic E-state index is 11.6. The van der Waals surface area contributed by atoms with Crippen molar-refractivity contribution in [3.05, 3.63) is 23.8 Å². The number of methoxy groups -OCH3 is 1. The van der Waals surface area contributed by atoms with Crippen LogP contribution in [0.4, 0.5) is 0 Å². The Morgan fingerprint density at radius 3 is 3.07 bits per heavy atom. The smallest absolute Gasteiger partial charge is 0.186 e. The first-order chi connectivity index (χ1) is 6.72. The summed E-state index contributed by atoms with van der Waals surface area (Å²) >= 11 is 0. The second kappa shape index (κ2) is 3.31. The molecule has 14 heavy (non-hydrogen) atoms. The Balaban J connectivity index is 2.44. The highest BCUT2D eigenvalue weighted by molar-refractivity contribution is 6.03. The van der Waals surface area contributed by atoms with E-state index in [1.807, 2.05) is 0 Å². The van der Waals surface area contributed by atoms with Crippen molar-refractivity contribution in [2.24, 2.45) is 5.73 Å². The van der Waals surface area contributed by atoms with Gasteiger partial charge in [0, 0.05) is 6.07 Å². The van der Waals surface area contributed by atoms with Crippen molar-refractivity contribution in [2.75, 3.05) is 13.7 Å². The number of Topliss-reactive ketones (excluding diaryl/α,β-unsaturated/α-hetero) is 1. The fourth-order valence-electron chi connectivity index (χ4n) is 1.41. The van der Waals surface area contributed by atoms with E-state index in [0.29, 0.717) is 17.1 Å². The Bertz CT molecular complexity index is 376. The highest BCUT2D eigenvalue weighted by atomic mass is 16.5. The van der Waals surface area contributed by atoms with Gasteiger partial charge in [0.25, 0.3) is 0 Å². The van der Waals surface area contributed by atoms with Crippen molar-refractivity contribution in [2.45, 2.75) is 6.04 Å². The lowest BCUT2D eigenvalue weighted by Crippen LogP contribution is -2.40. The Labute approximate surface area is 81.6 Å². The van der Waals surface area contributed by atoms with Gasteiger partial charge in [0.05, 0.1) is 12.7 Å². The van der Waals surface area contributed by atoms with E-state index < -0.39 is 6.04 Å². The van der Waals surface area contributed by atoms with E-state index in [1.54, 1.807) is 25.3 Å². The average molecular weight is 193 g/mol. The van der Waals surface area contributed by atoms with Crippen LogP contribution in [0, 0.1) is 0 Å². The van der Waals surface area contributed by atoms with E-state index >= 15 is 0 Å². The minimum Gasteiger partial charge on any atom is -0.497 e. The monoisotopic (exact) mass is 193 g/mol. The van der Waals surface area contributed by atoms with Crippen LogP contribution in [0.15, 0.2) is 18.2 Å². The van der Waals surface area contributed by atoms with Crippen LogP contribution < -0.4 is 15.2 Å². The van der Waals surface area contributed by atoms with E-state index in [-0.39, 0.29) is 12.4 Å². The molecular formula is C10H11NO3. The van der Waals surface area contributed by atoms with Crippen LogP contribution in [0.5, 0.6) is 11.5 Å². The molecule has 0 aliphatic carbocycles. The number of hydrogen-bond acceptors (Lipinski definition) is 4. The van der Waals surface area contributed by atoms with Gasteiger partial charge >= 0.3 is 0 Å². The first-order valence-corrected chi connectivity index (χ1v) is 4.33. The van der Waals surface area contributed by atoms with Gasteiger partial charge < -0.3 is 15.2 Å². The van der Waals surface area contributed by atoms with Crippen molar-refractivity contribution in [1.82, 2.24) is 0 Å². The van der Waals surface area contributed by atoms with Gasteiger partial charge in [-0.25, -0.2) is 0 Å². The van der Waals surface area contributed by atoms with Crippen molar-refractivity contribution in [3.63, 3.8) is 0 Å². The van der Waals surface area contributed by atoms with Gasteiger partial charge in [0.1, 0.15) is 24.1 Å². The lowest BCUT2D eigenvalue weighted by Gasteiger charge is -2.21. The number of nitrogens with two attached hydrogens (primary N) is 1. The van der Waals surface area contributed by atoms with Gasteiger partial charge in [-0.15, -0.1) is 0 Å². The molecule has 2 rings (SSSR count). The number of carbonyl (C=O) groups is 1. The summed E-state index contributed by atoms with van der Waals surface area (Å²) in [6.45, 7) is 0.235. The van der Waals surface area contributed by atoms with E-state index in [4.69, 9.17) is 15.2 Å². The van der Waals surface area contributed by atoms with Gasteiger partial charge in [-0.05, 0) is 12.1 Å². The molecule has 1 aliphatic heterocycles. The molecule has 0 aromatic heterocycles. The van der Waals surface area contributed by atoms with Crippen molar-refractivity contribution >= 4 is 5.78 Å². The maximum Gasteiger partial charge on any atom is 0.186 e. The summed E-state index contributed by atoms with van der Waals surface area (Å²) in [6.07, 6.45) is 0. The largest absolute Gasteiger partial charge is 0.497 e. The molecule has 0 fully saturated rings. The van der Waals surface area contributed by atoms with E-state index in [1.165, 1.54) is 0 Å². The molecule has 1 aliphatic rings. The lowest BCUT2D eigenvalue weighted by molar-refractivity contribution is 0.0899. The molecule has 1 atom stereocenters. The minimum absolute atomic E-state index is 0.0751. The third-order valence-corrected chi connectivity index (χ3v) is 2.21. The summed E-state index contributed by atoms with van der Waals surface area (Å²) < 4.78 is 10.3. The zero-order chi connectivity index (χ0) is 10.1. The molecule has 0 bridgehead atoms. The molecule has 0 radical (unpaired) electrons. The van der Waals surface area contributed by atoms with E-state index in [9.17, 15) is 4.79 Å². The number of hydrogen-bond donors (Lipinski definition) is 1. The Morgan fingerprint density at radius 2 is 2.36 bits per heavy atom. The summed E-state index contributed by atoms with van der Waals surface area (Å²) in [5.74, 6) is 1.15.